The van der Waals surface area contributed by atoms with Crippen LogP contribution < -0.4 is 4.74 Å². The summed E-state index contributed by atoms with van der Waals surface area (Å²) in [5.74, 6) is 3.68. The van der Waals surface area contributed by atoms with E-state index >= 15 is 0 Å². The van der Waals surface area contributed by atoms with Crippen LogP contribution in [0.25, 0.3) is 11.4 Å². The molecule has 36 heavy (non-hydrogen) atoms. The molecular formula is C33H52N2O. The van der Waals surface area contributed by atoms with Crippen molar-refractivity contribution in [2.24, 2.45) is 11.8 Å². The molecule has 1 heterocycles. The van der Waals surface area contributed by atoms with Crippen molar-refractivity contribution in [1.29, 1.82) is 0 Å². The van der Waals surface area contributed by atoms with Gasteiger partial charge in [0.2, 0.25) is 0 Å². The molecule has 1 aliphatic carbocycles. The lowest BCUT2D eigenvalue weighted by Crippen LogP contribution is -2.15. The quantitative estimate of drug-likeness (QED) is 0.194. The van der Waals surface area contributed by atoms with Gasteiger partial charge in [0.15, 0.2) is 5.82 Å². The Hall–Kier alpha value is -1.90. The molecule has 3 nitrogen and oxygen atoms in total. The predicted octanol–water partition coefficient (Wildman–Crippen LogP) is 9.98. The van der Waals surface area contributed by atoms with E-state index in [-0.39, 0.29) is 0 Å². The first-order chi connectivity index (χ1) is 17.8. The summed E-state index contributed by atoms with van der Waals surface area (Å²) >= 11 is 0. The van der Waals surface area contributed by atoms with E-state index in [1.807, 2.05) is 12.4 Å². The van der Waals surface area contributed by atoms with Crippen LogP contribution in [0.15, 0.2) is 36.7 Å². The largest absolute Gasteiger partial charge is 0.494 e. The highest BCUT2D eigenvalue weighted by atomic mass is 16.5. The molecule has 1 fully saturated rings. The Morgan fingerprint density at radius 3 is 1.86 bits per heavy atom. The minimum atomic E-state index is 0.797. The van der Waals surface area contributed by atoms with Gasteiger partial charge in [0.1, 0.15) is 5.75 Å². The number of rotatable bonds is 18. The van der Waals surface area contributed by atoms with Crippen LogP contribution in [-0.4, -0.2) is 16.6 Å². The van der Waals surface area contributed by atoms with E-state index in [2.05, 4.69) is 48.1 Å². The highest BCUT2D eigenvalue weighted by Crippen LogP contribution is 2.34. The fourth-order valence-corrected chi connectivity index (χ4v) is 5.67. The summed E-state index contributed by atoms with van der Waals surface area (Å²) < 4.78 is 6.04. The summed E-state index contributed by atoms with van der Waals surface area (Å²) in [7, 11) is 0. The molecule has 1 aromatic carbocycles. The van der Waals surface area contributed by atoms with Gasteiger partial charge >= 0.3 is 0 Å². The molecule has 0 bridgehead atoms. The fourth-order valence-electron chi connectivity index (χ4n) is 5.67. The monoisotopic (exact) mass is 492 g/mol. The third kappa shape index (κ3) is 11.0. The maximum absolute atomic E-state index is 6.04. The Labute approximate surface area is 221 Å². The number of aromatic nitrogens is 2. The molecule has 0 aliphatic heterocycles. The molecule has 2 aromatic rings. The van der Waals surface area contributed by atoms with Crippen molar-refractivity contribution in [2.45, 2.75) is 129 Å². The van der Waals surface area contributed by atoms with Crippen LogP contribution >= 0.6 is 0 Å². The van der Waals surface area contributed by atoms with Crippen LogP contribution in [-0.2, 0) is 6.42 Å². The van der Waals surface area contributed by atoms with Crippen molar-refractivity contribution >= 4 is 0 Å². The van der Waals surface area contributed by atoms with Crippen LogP contribution in [0.5, 0.6) is 5.75 Å². The lowest BCUT2D eigenvalue weighted by molar-refractivity contribution is 0.228. The Morgan fingerprint density at radius 1 is 0.667 bits per heavy atom. The first-order valence-electron chi connectivity index (χ1n) is 15.3. The molecule has 0 spiro atoms. The third-order valence-electron chi connectivity index (χ3n) is 8.09. The first kappa shape index (κ1) is 28.7. The number of unbranched alkanes of at least 4 members (excludes halogenated alkanes) is 8. The minimum absolute atomic E-state index is 0.797. The second-order valence-electron chi connectivity index (χ2n) is 11.2. The van der Waals surface area contributed by atoms with Crippen molar-refractivity contribution < 1.29 is 4.74 Å². The van der Waals surface area contributed by atoms with Gasteiger partial charge in [-0.1, -0.05) is 104 Å². The summed E-state index contributed by atoms with van der Waals surface area (Å²) in [6, 6.07) is 8.28. The Bertz CT molecular complexity index is 793. The van der Waals surface area contributed by atoms with Crippen LogP contribution in [0.4, 0.5) is 0 Å². The molecule has 0 radical (unpaired) electrons. The first-order valence-corrected chi connectivity index (χ1v) is 15.3. The number of benzene rings is 1. The predicted molar refractivity (Wildman–Crippen MR) is 153 cm³/mol. The van der Waals surface area contributed by atoms with Crippen molar-refractivity contribution in [1.82, 2.24) is 9.97 Å². The maximum atomic E-state index is 6.04. The van der Waals surface area contributed by atoms with Gasteiger partial charge in [-0.05, 0) is 67.3 Å². The van der Waals surface area contributed by atoms with Crippen LogP contribution in [0, 0.1) is 11.8 Å². The maximum Gasteiger partial charge on any atom is 0.159 e. The van der Waals surface area contributed by atoms with E-state index in [1.54, 1.807) is 0 Å². The average molecular weight is 493 g/mol. The van der Waals surface area contributed by atoms with E-state index in [1.165, 1.54) is 108 Å². The van der Waals surface area contributed by atoms with E-state index in [9.17, 15) is 0 Å². The normalized spacial score (nSPS) is 17.8. The van der Waals surface area contributed by atoms with Crippen LogP contribution in [0.3, 0.4) is 0 Å². The number of hydrogen-bond donors (Lipinski definition) is 0. The van der Waals surface area contributed by atoms with Crippen molar-refractivity contribution in [3.05, 3.63) is 42.2 Å². The zero-order valence-corrected chi connectivity index (χ0v) is 23.4. The lowest BCUT2D eigenvalue weighted by atomic mass is 9.78. The van der Waals surface area contributed by atoms with Gasteiger partial charge in [0, 0.05) is 18.0 Å². The molecule has 0 amide bonds. The number of nitrogens with zero attached hydrogens (tertiary/aromatic N) is 2. The van der Waals surface area contributed by atoms with E-state index < -0.39 is 0 Å². The van der Waals surface area contributed by atoms with Crippen LogP contribution in [0.2, 0.25) is 0 Å². The van der Waals surface area contributed by atoms with Gasteiger partial charge in [0.25, 0.3) is 0 Å². The molecule has 0 unspecified atom stereocenters. The summed E-state index contributed by atoms with van der Waals surface area (Å²) in [4.78, 5) is 9.18. The second-order valence-corrected chi connectivity index (χ2v) is 11.2. The Balaban J connectivity index is 1.26. The summed E-state index contributed by atoms with van der Waals surface area (Å²) in [6.45, 7) is 5.37. The number of aryl methyl sites for hydroxylation is 1. The van der Waals surface area contributed by atoms with Gasteiger partial charge < -0.3 is 4.74 Å². The molecule has 1 aromatic heterocycles. The molecule has 200 valence electrons. The fraction of sp³-hybridized carbons (Fsp3) is 0.697. The minimum Gasteiger partial charge on any atom is -0.494 e. The van der Waals surface area contributed by atoms with Gasteiger partial charge in [-0.3, -0.25) is 0 Å². The van der Waals surface area contributed by atoms with E-state index in [4.69, 9.17) is 4.74 Å². The molecule has 3 rings (SSSR count). The molecule has 0 saturated heterocycles. The standard InChI is InChI=1S/C33H52N2O/c1-3-5-7-9-10-12-14-28-17-19-29(20-18-28)16-13-25-36-32-23-21-31(22-24-32)33-34-26-30(27-35-33)15-11-8-6-4-2/h21-24,26-29H,3-20,25H2,1-2H3. The molecule has 3 heteroatoms. The second kappa shape index (κ2) is 17.5. The zero-order valence-electron chi connectivity index (χ0n) is 23.4. The van der Waals surface area contributed by atoms with Gasteiger partial charge in [-0.25, -0.2) is 9.97 Å². The summed E-state index contributed by atoms with van der Waals surface area (Å²) in [5, 5.41) is 0. The smallest absolute Gasteiger partial charge is 0.159 e. The molecule has 1 aliphatic rings. The van der Waals surface area contributed by atoms with E-state index in [0.29, 0.717) is 0 Å². The van der Waals surface area contributed by atoms with Gasteiger partial charge in [0.05, 0.1) is 6.61 Å². The average Bonchev–Trinajstić information content (AvgIpc) is 2.92. The highest BCUT2D eigenvalue weighted by molar-refractivity contribution is 5.55. The van der Waals surface area contributed by atoms with Gasteiger partial charge in [-0.2, -0.15) is 0 Å². The van der Waals surface area contributed by atoms with Gasteiger partial charge in [-0.15, -0.1) is 0 Å². The topological polar surface area (TPSA) is 35.0 Å². The molecule has 1 saturated carbocycles. The third-order valence-corrected chi connectivity index (χ3v) is 8.09. The Morgan fingerprint density at radius 2 is 1.22 bits per heavy atom. The van der Waals surface area contributed by atoms with Crippen molar-refractivity contribution in [2.75, 3.05) is 6.61 Å². The molecule has 0 atom stereocenters. The lowest BCUT2D eigenvalue weighted by Gasteiger charge is -2.28. The highest BCUT2D eigenvalue weighted by Gasteiger charge is 2.20. The van der Waals surface area contributed by atoms with Crippen molar-refractivity contribution in [3.63, 3.8) is 0 Å². The Kier molecular flexibility index (Phi) is 14.0. The molecular weight excluding hydrogens is 440 g/mol. The SMILES string of the molecule is CCCCCCCCC1CCC(CCCOc2ccc(-c3ncc(CCCCCC)cn3)cc2)CC1. The molecule has 0 N–H and O–H groups in total. The zero-order chi connectivity index (χ0) is 25.3. The number of hydrogen-bond acceptors (Lipinski definition) is 3. The summed E-state index contributed by atoms with van der Waals surface area (Å²) in [6.07, 6.45) is 28.5. The van der Waals surface area contributed by atoms with Crippen molar-refractivity contribution in [3.8, 4) is 17.1 Å². The van der Waals surface area contributed by atoms with Crippen LogP contribution in [0.1, 0.15) is 129 Å². The number of ether oxygens (including phenoxy) is 1. The summed E-state index contributed by atoms with van der Waals surface area (Å²) in [5.41, 5.74) is 2.29. The van der Waals surface area contributed by atoms with E-state index in [0.717, 1.165) is 48.4 Å².